The van der Waals surface area contributed by atoms with Crippen LogP contribution < -0.4 is 24.8 Å². The van der Waals surface area contributed by atoms with Gasteiger partial charge in [0.05, 0.1) is 0 Å². The number of fused-ring (bicyclic) bond motifs is 6. The van der Waals surface area contributed by atoms with Crippen molar-refractivity contribution in [2.75, 3.05) is 0 Å². The fourth-order valence-corrected chi connectivity index (χ4v) is 7.89. The molecular formula is C34H42Cl2SiZr-2. The van der Waals surface area contributed by atoms with E-state index in [0.29, 0.717) is 5.92 Å². The van der Waals surface area contributed by atoms with Gasteiger partial charge >= 0.3 is 30.2 Å². The average molecular weight is 641 g/mol. The van der Waals surface area contributed by atoms with E-state index in [4.69, 9.17) is 0 Å². The van der Waals surface area contributed by atoms with Crippen molar-refractivity contribution >= 4 is 12.5 Å². The van der Waals surface area contributed by atoms with E-state index in [2.05, 4.69) is 98.7 Å². The summed E-state index contributed by atoms with van der Waals surface area (Å²) in [5.74, 6) is 2.24. The second-order valence-corrected chi connectivity index (χ2v) is 12.7. The van der Waals surface area contributed by atoms with Gasteiger partial charge in [-0.3, -0.25) is 0 Å². The predicted molar refractivity (Wildman–Crippen MR) is 152 cm³/mol. The Hall–Kier alpha value is -0.660. The fourth-order valence-electron chi connectivity index (χ4n) is 7.89. The minimum Gasteiger partial charge on any atom is -0.214 e. The molecule has 4 aliphatic rings. The third kappa shape index (κ3) is 4.58. The fraction of sp³-hybridized carbons (Fsp3) is 0.471. The third-order valence-corrected chi connectivity index (χ3v) is 11.3. The molecule has 4 aliphatic carbocycles. The van der Waals surface area contributed by atoms with E-state index in [-0.39, 0.29) is 46.5 Å². The van der Waals surface area contributed by atoms with Crippen LogP contribution in [0, 0.1) is 33.5 Å². The van der Waals surface area contributed by atoms with E-state index in [1.807, 2.05) is 30.3 Å². The zero-order chi connectivity index (χ0) is 26.5. The van der Waals surface area contributed by atoms with Gasteiger partial charge in [-0.25, -0.2) is 18.1 Å². The first kappa shape index (κ1) is 33.5. The molecule has 38 heavy (non-hydrogen) atoms. The van der Waals surface area contributed by atoms with Gasteiger partial charge in [0.15, 0.2) is 0 Å². The molecule has 202 valence electrons. The second-order valence-electron chi connectivity index (χ2n) is 12.7. The Kier molecular flexibility index (Phi) is 10.6. The van der Waals surface area contributed by atoms with Crippen molar-refractivity contribution in [3.8, 4) is 0 Å². The van der Waals surface area contributed by atoms with E-state index < -0.39 is 0 Å². The quantitative estimate of drug-likeness (QED) is 0.307. The largest absolute Gasteiger partial charge is 0.214 e. The molecule has 0 nitrogen and oxygen atoms in total. The van der Waals surface area contributed by atoms with Gasteiger partial charge in [0.2, 0.25) is 0 Å². The summed E-state index contributed by atoms with van der Waals surface area (Å²) in [5, 5.41) is 0. The molecule has 0 saturated heterocycles. The normalized spacial score (nSPS) is 26.6. The molecule has 2 unspecified atom stereocenters. The number of benzene rings is 1. The third-order valence-electron chi connectivity index (χ3n) is 11.3. The van der Waals surface area contributed by atoms with Gasteiger partial charge in [-0.05, 0) is 40.6 Å². The summed E-state index contributed by atoms with van der Waals surface area (Å²) in [5.41, 5.74) is 10.3. The van der Waals surface area contributed by atoms with Crippen LogP contribution in [0.25, 0.3) is 5.57 Å². The summed E-state index contributed by atoms with van der Waals surface area (Å²) >= 11 is 1.36. The zero-order valence-electron chi connectivity index (χ0n) is 24.3. The van der Waals surface area contributed by atoms with Crippen molar-refractivity contribution in [2.24, 2.45) is 27.6 Å². The van der Waals surface area contributed by atoms with Crippen LogP contribution in [0.2, 0.25) is 0 Å². The molecular weight excluding hydrogens is 599 g/mol. The Morgan fingerprint density at radius 2 is 1.50 bits per heavy atom. The molecule has 0 aliphatic heterocycles. The molecule has 0 amide bonds. The maximum absolute atomic E-state index is 3.06. The Morgan fingerprint density at radius 1 is 0.895 bits per heavy atom. The van der Waals surface area contributed by atoms with E-state index >= 15 is 0 Å². The van der Waals surface area contributed by atoms with Gasteiger partial charge in [0.25, 0.3) is 0 Å². The second kappa shape index (κ2) is 12.1. The van der Waals surface area contributed by atoms with Crippen LogP contribution in [-0.2, 0) is 29.8 Å². The van der Waals surface area contributed by atoms with Gasteiger partial charge < -0.3 is 24.8 Å². The molecule has 0 aromatic heterocycles. The topological polar surface area (TPSA) is 0 Å². The molecule has 4 heteroatoms. The van der Waals surface area contributed by atoms with Gasteiger partial charge in [-0.2, -0.15) is 29.3 Å². The minimum absolute atomic E-state index is 0. The maximum Gasteiger partial charge on any atom is -0.172 e. The molecule has 1 fully saturated rings. The van der Waals surface area contributed by atoms with Crippen molar-refractivity contribution in [1.29, 1.82) is 0 Å². The monoisotopic (exact) mass is 638 g/mol. The van der Waals surface area contributed by atoms with Crippen LogP contribution in [-0.4, -0.2) is 6.88 Å². The molecule has 2 atom stereocenters. The molecule has 0 N–H and O–H groups in total. The van der Waals surface area contributed by atoms with Gasteiger partial charge in [0, 0.05) is 0 Å². The first-order chi connectivity index (χ1) is 17.0. The first-order valence-corrected chi connectivity index (χ1v) is 17.7. The Balaban J connectivity index is 0.000000500. The van der Waals surface area contributed by atoms with Crippen LogP contribution in [0.4, 0.5) is 0 Å². The molecule has 2 aromatic rings. The average Bonchev–Trinajstić information content (AvgIpc) is 3.56. The summed E-state index contributed by atoms with van der Waals surface area (Å²) in [7, 11) is 0. The summed E-state index contributed by atoms with van der Waals surface area (Å²) in [6.07, 6.45) is 8.50. The molecule has 0 spiro atoms. The summed E-state index contributed by atoms with van der Waals surface area (Å²) in [4.78, 5) is 0. The van der Waals surface area contributed by atoms with Gasteiger partial charge in [-0.1, -0.05) is 113 Å². The van der Waals surface area contributed by atoms with Gasteiger partial charge in [0.1, 0.15) is 0 Å². The van der Waals surface area contributed by atoms with Crippen molar-refractivity contribution in [1.82, 2.24) is 0 Å². The number of rotatable bonds is 0. The predicted octanol–water partition coefficient (Wildman–Crippen LogP) is 3.00. The first-order valence-electron chi connectivity index (χ1n) is 13.5. The number of halogens is 2. The van der Waals surface area contributed by atoms with Crippen LogP contribution in [0.1, 0.15) is 79.4 Å². The van der Waals surface area contributed by atoms with Crippen LogP contribution in [0.3, 0.4) is 0 Å². The van der Waals surface area contributed by atoms with E-state index in [9.17, 15) is 0 Å². The molecule has 2 aromatic carbocycles. The Morgan fingerprint density at radius 3 is 2.08 bits per heavy atom. The van der Waals surface area contributed by atoms with E-state index in [1.54, 1.807) is 28.2 Å². The SMILES string of the molecule is C[C-]1C2=C3Cc4ccccc4C3=C3C=CCCC3C2(C)C(C)(C)C(C)(C)C1(C)C.[Cl-].[Cl-].[Si]=[Zr+2].c1cc[cH-]c1. The molecule has 0 bridgehead atoms. The maximum atomic E-state index is 3.06. The number of allylic oxidation sites excluding steroid dienone is 6. The van der Waals surface area contributed by atoms with Crippen molar-refractivity contribution in [3.05, 3.63) is 101 Å². The van der Waals surface area contributed by atoms with Crippen LogP contribution in [0.15, 0.2) is 83.5 Å². The van der Waals surface area contributed by atoms with Crippen LogP contribution >= 0.6 is 0 Å². The molecule has 2 radical (unpaired) electrons. The Labute approximate surface area is 261 Å². The van der Waals surface area contributed by atoms with E-state index in [0.717, 1.165) is 6.42 Å². The molecule has 6 rings (SSSR count). The minimum atomic E-state index is 0. The standard InChI is InChI=1S/C29H37.C5H5.2ClH.Si.Zr/c1-18-25-22-17-19-13-9-10-14-20(19)24(22)21-15-11-12-16-23(21)29(25,8)28(6,7)27(4,5)26(18,2)3;1-2-4-5-3-1;;;;/h9-11,13-15,23H,12,16-17H2,1-8H3;1-5H;2*1H;;/q2*-1;;;;+2/p-2. The summed E-state index contributed by atoms with van der Waals surface area (Å²) < 4.78 is 0. The van der Waals surface area contributed by atoms with Crippen molar-refractivity contribution < 1.29 is 48.1 Å². The van der Waals surface area contributed by atoms with E-state index in [1.165, 1.54) is 47.3 Å². The van der Waals surface area contributed by atoms with Crippen molar-refractivity contribution in [3.63, 3.8) is 0 Å². The smallest absolute Gasteiger partial charge is 0.172 e. The molecule has 0 heterocycles. The van der Waals surface area contributed by atoms with Gasteiger partial charge in [-0.15, -0.1) is 6.92 Å². The van der Waals surface area contributed by atoms with Crippen LogP contribution in [0.5, 0.6) is 0 Å². The summed E-state index contributed by atoms with van der Waals surface area (Å²) in [6, 6.07) is 19.2. The number of hydrogen-bond acceptors (Lipinski definition) is 0. The number of hydrogen-bond donors (Lipinski definition) is 0. The zero-order valence-corrected chi connectivity index (χ0v) is 29.3. The summed E-state index contributed by atoms with van der Waals surface area (Å²) in [6.45, 7) is 23.4. The molecule has 1 saturated carbocycles. The van der Waals surface area contributed by atoms with Crippen molar-refractivity contribution in [2.45, 2.75) is 74.7 Å². The Bertz CT molecular complexity index is 1200.